The minimum atomic E-state index is -3.43. The molecule has 0 aliphatic carbocycles. The van der Waals surface area contributed by atoms with Gasteiger partial charge in [0.15, 0.2) is 0 Å². The zero-order valence-corrected chi connectivity index (χ0v) is 15.2. The molecule has 0 spiro atoms. The third-order valence-corrected chi connectivity index (χ3v) is 5.83. The molecule has 0 atom stereocenters. The third-order valence-electron chi connectivity index (χ3n) is 3.76. The Morgan fingerprint density at radius 2 is 1.48 bits per heavy atom. The first-order valence-corrected chi connectivity index (χ1v) is 9.46. The molecule has 0 aliphatic heterocycles. The number of hydrogen-bond donors (Lipinski definition) is 1. The van der Waals surface area contributed by atoms with Crippen LogP contribution in [0.1, 0.15) is 33.3 Å². The highest BCUT2D eigenvalue weighted by molar-refractivity contribution is 7.89. The normalized spacial score (nSPS) is 11.5. The van der Waals surface area contributed by atoms with Crippen LogP contribution in [0.4, 0.5) is 4.79 Å². The van der Waals surface area contributed by atoms with Gasteiger partial charge < -0.3 is 10.2 Å². The van der Waals surface area contributed by atoms with Crippen molar-refractivity contribution in [3.8, 4) is 0 Å². The summed E-state index contributed by atoms with van der Waals surface area (Å²) in [4.78, 5) is 13.9. The molecular formula is C16H27N3O3S. The number of nitrogens with zero attached hydrogens (tertiary/aromatic N) is 2. The molecule has 1 N–H and O–H groups in total. The van der Waals surface area contributed by atoms with Gasteiger partial charge >= 0.3 is 6.03 Å². The van der Waals surface area contributed by atoms with Gasteiger partial charge in [0, 0.05) is 32.7 Å². The van der Waals surface area contributed by atoms with E-state index in [-0.39, 0.29) is 10.9 Å². The molecule has 7 heteroatoms. The number of carbonyl (C=O) groups is 1. The second-order valence-corrected chi connectivity index (χ2v) is 7.00. The lowest BCUT2D eigenvalue weighted by Crippen LogP contribution is -2.39. The number of carbonyl (C=O) groups excluding carboxylic acids is 1. The molecule has 130 valence electrons. The zero-order valence-electron chi connectivity index (χ0n) is 14.4. The number of benzene rings is 1. The van der Waals surface area contributed by atoms with E-state index in [2.05, 4.69) is 5.32 Å². The molecule has 0 unspecified atom stereocenters. The standard InChI is InChI=1S/C16H27N3O3S/c1-5-18(6-2)16(20)17-13-14-9-11-15(12-10-14)23(21,22)19(7-3)8-4/h9-12H,5-8,13H2,1-4H3,(H,17,20). The highest BCUT2D eigenvalue weighted by Gasteiger charge is 2.21. The molecule has 2 amide bonds. The Bertz CT molecular complexity index is 592. The van der Waals surface area contributed by atoms with Gasteiger partial charge in [-0.2, -0.15) is 4.31 Å². The molecule has 0 heterocycles. The predicted octanol–water partition coefficient (Wildman–Crippen LogP) is 2.27. The SMILES string of the molecule is CCN(CC)C(=O)NCc1ccc(S(=O)(=O)N(CC)CC)cc1. The van der Waals surface area contributed by atoms with Crippen LogP contribution >= 0.6 is 0 Å². The summed E-state index contributed by atoms with van der Waals surface area (Å²) >= 11 is 0. The lowest BCUT2D eigenvalue weighted by atomic mass is 10.2. The Kier molecular flexibility index (Phi) is 7.51. The first kappa shape index (κ1) is 19.4. The number of rotatable bonds is 8. The van der Waals surface area contributed by atoms with Gasteiger partial charge in [-0.1, -0.05) is 26.0 Å². The highest BCUT2D eigenvalue weighted by atomic mass is 32.2. The Morgan fingerprint density at radius 1 is 0.957 bits per heavy atom. The van der Waals surface area contributed by atoms with E-state index < -0.39 is 10.0 Å². The van der Waals surface area contributed by atoms with Crippen molar-refractivity contribution in [2.75, 3.05) is 26.2 Å². The molecule has 0 bridgehead atoms. The van der Waals surface area contributed by atoms with Crippen molar-refractivity contribution in [2.45, 2.75) is 39.1 Å². The average Bonchev–Trinajstić information content (AvgIpc) is 2.55. The van der Waals surface area contributed by atoms with Gasteiger partial charge in [-0.15, -0.1) is 0 Å². The van der Waals surface area contributed by atoms with Crippen molar-refractivity contribution in [3.05, 3.63) is 29.8 Å². The van der Waals surface area contributed by atoms with Crippen molar-refractivity contribution in [1.29, 1.82) is 0 Å². The van der Waals surface area contributed by atoms with Crippen LogP contribution in [-0.4, -0.2) is 49.8 Å². The van der Waals surface area contributed by atoms with Gasteiger partial charge in [0.05, 0.1) is 4.90 Å². The van der Waals surface area contributed by atoms with Crippen molar-refractivity contribution in [1.82, 2.24) is 14.5 Å². The van der Waals surface area contributed by atoms with Gasteiger partial charge in [0.2, 0.25) is 10.0 Å². The smallest absolute Gasteiger partial charge is 0.317 e. The molecule has 0 aliphatic rings. The molecule has 1 aromatic rings. The largest absolute Gasteiger partial charge is 0.334 e. The molecule has 0 radical (unpaired) electrons. The van der Waals surface area contributed by atoms with Crippen molar-refractivity contribution in [2.24, 2.45) is 0 Å². The van der Waals surface area contributed by atoms with Crippen LogP contribution in [0.3, 0.4) is 0 Å². The molecule has 0 saturated heterocycles. The van der Waals surface area contributed by atoms with Crippen LogP contribution in [0, 0.1) is 0 Å². The second kappa shape index (κ2) is 8.88. The van der Waals surface area contributed by atoms with E-state index in [1.165, 1.54) is 4.31 Å². The summed E-state index contributed by atoms with van der Waals surface area (Å²) in [5.74, 6) is 0. The van der Waals surface area contributed by atoms with Gasteiger partial charge in [-0.05, 0) is 31.5 Å². The zero-order chi connectivity index (χ0) is 17.5. The van der Waals surface area contributed by atoms with Gasteiger partial charge in [-0.25, -0.2) is 13.2 Å². The first-order chi connectivity index (χ1) is 10.9. The lowest BCUT2D eigenvalue weighted by Gasteiger charge is -2.20. The molecule has 0 saturated carbocycles. The van der Waals surface area contributed by atoms with E-state index in [1.807, 2.05) is 27.7 Å². The molecule has 0 fully saturated rings. The van der Waals surface area contributed by atoms with Crippen LogP contribution in [0.15, 0.2) is 29.2 Å². The van der Waals surface area contributed by atoms with Crippen molar-refractivity contribution in [3.63, 3.8) is 0 Å². The fourth-order valence-corrected chi connectivity index (χ4v) is 3.75. The number of sulfonamides is 1. The fraction of sp³-hybridized carbons (Fsp3) is 0.562. The van der Waals surface area contributed by atoms with Crippen LogP contribution < -0.4 is 5.32 Å². The van der Waals surface area contributed by atoms with E-state index in [0.717, 1.165) is 5.56 Å². The van der Waals surface area contributed by atoms with Gasteiger partial charge in [0.25, 0.3) is 0 Å². The molecule has 6 nitrogen and oxygen atoms in total. The van der Waals surface area contributed by atoms with Crippen molar-refractivity contribution >= 4 is 16.1 Å². The molecule has 0 aromatic heterocycles. The summed E-state index contributed by atoms with van der Waals surface area (Å²) in [6.07, 6.45) is 0. The highest BCUT2D eigenvalue weighted by Crippen LogP contribution is 2.16. The quantitative estimate of drug-likeness (QED) is 0.788. The monoisotopic (exact) mass is 341 g/mol. The summed E-state index contributed by atoms with van der Waals surface area (Å²) in [5.41, 5.74) is 0.865. The Hall–Kier alpha value is -1.60. The topological polar surface area (TPSA) is 69.7 Å². The predicted molar refractivity (Wildman–Crippen MR) is 91.7 cm³/mol. The summed E-state index contributed by atoms with van der Waals surface area (Å²) in [5, 5.41) is 2.83. The summed E-state index contributed by atoms with van der Waals surface area (Å²) in [7, 11) is -3.43. The number of urea groups is 1. The molecule has 23 heavy (non-hydrogen) atoms. The van der Waals surface area contributed by atoms with Crippen LogP contribution in [0.5, 0.6) is 0 Å². The van der Waals surface area contributed by atoms with Crippen LogP contribution in [0.2, 0.25) is 0 Å². The van der Waals surface area contributed by atoms with E-state index in [0.29, 0.717) is 32.7 Å². The van der Waals surface area contributed by atoms with Gasteiger partial charge in [0.1, 0.15) is 0 Å². The second-order valence-electron chi connectivity index (χ2n) is 5.06. The maximum atomic E-state index is 12.4. The van der Waals surface area contributed by atoms with Gasteiger partial charge in [-0.3, -0.25) is 0 Å². The third kappa shape index (κ3) is 4.94. The molecular weight excluding hydrogens is 314 g/mol. The lowest BCUT2D eigenvalue weighted by molar-refractivity contribution is 0.203. The van der Waals surface area contributed by atoms with E-state index in [9.17, 15) is 13.2 Å². The summed E-state index contributed by atoms with van der Waals surface area (Å²) < 4.78 is 26.2. The Labute approximate surface area is 139 Å². The molecule has 1 aromatic carbocycles. The maximum Gasteiger partial charge on any atom is 0.317 e. The fourth-order valence-electron chi connectivity index (χ4n) is 2.29. The minimum Gasteiger partial charge on any atom is -0.334 e. The number of nitrogens with one attached hydrogen (secondary N) is 1. The maximum absolute atomic E-state index is 12.4. The Balaban J connectivity index is 2.76. The summed E-state index contributed by atoms with van der Waals surface area (Å²) in [6, 6.07) is 6.53. The first-order valence-electron chi connectivity index (χ1n) is 8.02. The summed E-state index contributed by atoms with van der Waals surface area (Å²) in [6.45, 7) is 10.1. The van der Waals surface area contributed by atoms with E-state index in [1.54, 1.807) is 29.2 Å². The van der Waals surface area contributed by atoms with Crippen molar-refractivity contribution < 1.29 is 13.2 Å². The minimum absolute atomic E-state index is 0.116. The number of hydrogen-bond acceptors (Lipinski definition) is 3. The molecule has 1 rings (SSSR count). The average molecular weight is 341 g/mol. The Morgan fingerprint density at radius 3 is 1.91 bits per heavy atom. The van der Waals surface area contributed by atoms with E-state index >= 15 is 0 Å². The number of amides is 2. The van der Waals surface area contributed by atoms with Crippen LogP contribution in [-0.2, 0) is 16.6 Å². The van der Waals surface area contributed by atoms with Crippen LogP contribution in [0.25, 0.3) is 0 Å². The van der Waals surface area contributed by atoms with E-state index in [4.69, 9.17) is 0 Å².